The van der Waals surface area contributed by atoms with Gasteiger partial charge in [0, 0.05) is 42.8 Å². The van der Waals surface area contributed by atoms with E-state index in [4.69, 9.17) is 4.74 Å². The number of carbonyl (C=O) groups is 2. The zero-order chi connectivity index (χ0) is 18.4. The number of rotatable bonds is 5. The molecule has 3 rings (SSSR count). The molecule has 136 valence electrons. The van der Waals surface area contributed by atoms with Gasteiger partial charge in [0.2, 0.25) is 0 Å². The van der Waals surface area contributed by atoms with Crippen molar-refractivity contribution in [1.82, 2.24) is 14.8 Å². The lowest BCUT2D eigenvalue weighted by molar-refractivity contribution is 0.0874. The molecule has 0 aliphatic carbocycles. The third-order valence-electron chi connectivity index (χ3n) is 4.45. The number of piperidine rings is 1. The lowest BCUT2D eigenvalue weighted by Crippen LogP contribution is -2.46. The topological polar surface area (TPSA) is 63.6 Å². The largest absolute Gasteiger partial charge is 0.445 e. The maximum absolute atomic E-state index is 12.4. The van der Waals surface area contributed by atoms with Crippen molar-refractivity contribution in [3.8, 4) is 5.69 Å². The fraction of sp³-hybridized carbons (Fsp3) is 0.300. The Labute approximate surface area is 153 Å². The number of amides is 2. The summed E-state index contributed by atoms with van der Waals surface area (Å²) in [4.78, 5) is 25.9. The van der Waals surface area contributed by atoms with Crippen LogP contribution in [0.3, 0.4) is 0 Å². The average molecular weight is 353 g/mol. The van der Waals surface area contributed by atoms with Gasteiger partial charge in [0.05, 0.1) is 0 Å². The molecule has 1 aliphatic rings. The maximum atomic E-state index is 12.4. The van der Waals surface area contributed by atoms with Crippen LogP contribution in [0.5, 0.6) is 0 Å². The second kappa shape index (κ2) is 8.38. The van der Waals surface area contributed by atoms with Crippen LogP contribution < -0.4 is 5.32 Å². The van der Waals surface area contributed by atoms with Gasteiger partial charge in [-0.2, -0.15) is 0 Å². The molecule has 0 spiro atoms. The molecule has 6 heteroatoms. The maximum Gasteiger partial charge on any atom is 0.410 e. The van der Waals surface area contributed by atoms with Gasteiger partial charge in [0.1, 0.15) is 6.61 Å². The van der Waals surface area contributed by atoms with E-state index in [0.29, 0.717) is 18.7 Å². The molecule has 0 atom stereocenters. The minimum absolute atomic E-state index is 0.0649. The monoisotopic (exact) mass is 353 g/mol. The summed E-state index contributed by atoms with van der Waals surface area (Å²) in [6.45, 7) is 4.90. The molecule has 0 bridgehead atoms. The predicted octanol–water partition coefficient (Wildman–Crippen LogP) is 2.99. The molecule has 6 nitrogen and oxygen atoms in total. The van der Waals surface area contributed by atoms with E-state index < -0.39 is 0 Å². The van der Waals surface area contributed by atoms with E-state index in [0.717, 1.165) is 18.5 Å². The van der Waals surface area contributed by atoms with Gasteiger partial charge in [0.25, 0.3) is 5.91 Å². The van der Waals surface area contributed by atoms with Crippen molar-refractivity contribution in [2.45, 2.75) is 18.9 Å². The van der Waals surface area contributed by atoms with Crippen LogP contribution in [0.2, 0.25) is 0 Å². The van der Waals surface area contributed by atoms with E-state index in [-0.39, 0.29) is 24.6 Å². The number of likely N-dealkylation sites (tertiary alicyclic amines) is 1. The fourth-order valence-corrected chi connectivity index (χ4v) is 2.99. The van der Waals surface area contributed by atoms with Crippen molar-refractivity contribution in [3.05, 3.63) is 67.0 Å². The van der Waals surface area contributed by atoms with E-state index in [1.165, 1.54) is 0 Å². The number of nitrogens with zero attached hydrogens (tertiary/aromatic N) is 2. The molecule has 0 saturated carbocycles. The molecule has 1 fully saturated rings. The first-order valence-electron chi connectivity index (χ1n) is 8.74. The molecule has 1 N–H and O–H groups in total. The second-order valence-electron chi connectivity index (χ2n) is 6.24. The normalized spacial score (nSPS) is 14.7. The molecular formula is C20H23N3O3. The number of carbonyl (C=O) groups excluding carboxylic acids is 2. The highest BCUT2D eigenvalue weighted by atomic mass is 16.6. The van der Waals surface area contributed by atoms with Gasteiger partial charge in [-0.15, -0.1) is 0 Å². The standard InChI is InChI=1S/C20H23N3O3/c1-2-15-26-20(25)23-13-9-17(10-14-23)21-19(24)16-5-7-18(8-6-16)22-11-3-4-12-22/h2-8,11-12,17H,1,9-10,13-15H2,(H,21,24). The molecule has 2 heterocycles. The lowest BCUT2D eigenvalue weighted by atomic mass is 10.0. The molecular weight excluding hydrogens is 330 g/mol. The summed E-state index contributed by atoms with van der Waals surface area (Å²) in [5.41, 5.74) is 1.65. The van der Waals surface area contributed by atoms with Gasteiger partial charge in [-0.1, -0.05) is 12.7 Å². The first kappa shape index (κ1) is 17.8. The highest BCUT2D eigenvalue weighted by molar-refractivity contribution is 5.94. The predicted molar refractivity (Wildman–Crippen MR) is 99.4 cm³/mol. The Morgan fingerprint density at radius 3 is 2.42 bits per heavy atom. The summed E-state index contributed by atoms with van der Waals surface area (Å²) in [6, 6.07) is 11.5. The third-order valence-corrected chi connectivity index (χ3v) is 4.45. The van der Waals surface area contributed by atoms with Crippen molar-refractivity contribution < 1.29 is 14.3 Å². The molecule has 2 aromatic rings. The molecule has 0 radical (unpaired) electrons. The first-order chi connectivity index (χ1) is 12.7. The summed E-state index contributed by atoms with van der Waals surface area (Å²) >= 11 is 0. The van der Waals surface area contributed by atoms with Crippen molar-refractivity contribution >= 4 is 12.0 Å². The molecule has 1 aliphatic heterocycles. The number of hydrogen-bond acceptors (Lipinski definition) is 3. The molecule has 26 heavy (non-hydrogen) atoms. The molecule has 2 amide bonds. The van der Waals surface area contributed by atoms with E-state index >= 15 is 0 Å². The minimum atomic E-state index is -0.324. The Morgan fingerprint density at radius 2 is 1.81 bits per heavy atom. The number of benzene rings is 1. The number of hydrogen-bond donors (Lipinski definition) is 1. The smallest absolute Gasteiger partial charge is 0.410 e. The summed E-state index contributed by atoms with van der Waals surface area (Å²) in [6.07, 6.45) is 6.58. The molecule has 1 aromatic carbocycles. The Morgan fingerprint density at radius 1 is 1.15 bits per heavy atom. The third kappa shape index (κ3) is 4.33. The van der Waals surface area contributed by atoms with Crippen LogP contribution in [0.25, 0.3) is 5.69 Å². The van der Waals surface area contributed by atoms with Gasteiger partial charge < -0.3 is 19.5 Å². The van der Waals surface area contributed by atoms with Gasteiger partial charge in [-0.25, -0.2) is 4.79 Å². The van der Waals surface area contributed by atoms with Crippen molar-refractivity contribution in [3.63, 3.8) is 0 Å². The van der Waals surface area contributed by atoms with Crippen LogP contribution in [-0.2, 0) is 4.74 Å². The second-order valence-corrected chi connectivity index (χ2v) is 6.24. The zero-order valence-corrected chi connectivity index (χ0v) is 14.6. The number of ether oxygens (including phenoxy) is 1. The molecule has 1 saturated heterocycles. The zero-order valence-electron chi connectivity index (χ0n) is 14.6. The van der Waals surface area contributed by atoms with Crippen LogP contribution in [0.4, 0.5) is 4.79 Å². The minimum Gasteiger partial charge on any atom is -0.445 e. The fourth-order valence-electron chi connectivity index (χ4n) is 2.99. The summed E-state index contributed by atoms with van der Waals surface area (Å²) in [5.74, 6) is -0.0864. The van der Waals surface area contributed by atoms with Gasteiger partial charge in [-0.3, -0.25) is 4.79 Å². The van der Waals surface area contributed by atoms with Gasteiger partial charge in [0.15, 0.2) is 0 Å². The average Bonchev–Trinajstić information content (AvgIpc) is 3.21. The van der Waals surface area contributed by atoms with E-state index in [2.05, 4.69) is 11.9 Å². The Balaban J connectivity index is 1.50. The van der Waals surface area contributed by atoms with Crippen LogP contribution in [0.15, 0.2) is 61.4 Å². The van der Waals surface area contributed by atoms with Crippen molar-refractivity contribution in [2.24, 2.45) is 0 Å². The Bertz CT molecular complexity index is 745. The summed E-state index contributed by atoms with van der Waals surface area (Å²) in [7, 11) is 0. The van der Waals surface area contributed by atoms with E-state index in [1.807, 2.05) is 53.4 Å². The molecule has 1 aromatic heterocycles. The number of nitrogens with one attached hydrogen (secondary N) is 1. The van der Waals surface area contributed by atoms with Gasteiger partial charge in [-0.05, 0) is 49.2 Å². The first-order valence-corrected chi connectivity index (χ1v) is 8.74. The van der Waals surface area contributed by atoms with Crippen molar-refractivity contribution in [1.29, 1.82) is 0 Å². The van der Waals surface area contributed by atoms with Crippen LogP contribution in [0.1, 0.15) is 23.2 Å². The Hall–Kier alpha value is -3.02. The summed E-state index contributed by atoms with van der Waals surface area (Å²) in [5, 5.41) is 3.05. The highest BCUT2D eigenvalue weighted by Crippen LogP contribution is 2.14. The SMILES string of the molecule is C=CCOC(=O)N1CCC(NC(=O)c2ccc(-n3cccc3)cc2)CC1. The van der Waals surface area contributed by atoms with Crippen molar-refractivity contribution in [2.75, 3.05) is 19.7 Å². The highest BCUT2D eigenvalue weighted by Gasteiger charge is 2.24. The van der Waals surface area contributed by atoms with Crippen LogP contribution >= 0.6 is 0 Å². The lowest BCUT2D eigenvalue weighted by Gasteiger charge is -2.31. The van der Waals surface area contributed by atoms with E-state index in [1.54, 1.807) is 11.0 Å². The Kier molecular flexibility index (Phi) is 5.73. The van der Waals surface area contributed by atoms with E-state index in [9.17, 15) is 9.59 Å². The molecule has 0 unspecified atom stereocenters. The van der Waals surface area contributed by atoms with Gasteiger partial charge >= 0.3 is 6.09 Å². The quantitative estimate of drug-likeness (QED) is 0.841. The van der Waals surface area contributed by atoms with Crippen LogP contribution in [0, 0.1) is 0 Å². The number of aromatic nitrogens is 1. The summed E-state index contributed by atoms with van der Waals surface area (Å²) < 4.78 is 7.03. The van der Waals surface area contributed by atoms with Crippen LogP contribution in [-0.4, -0.2) is 47.2 Å².